The van der Waals surface area contributed by atoms with Gasteiger partial charge in [-0.25, -0.2) is 9.97 Å². The molecule has 0 N–H and O–H groups in total. The Morgan fingerprint density at radius 3 is 2.47 bits per heavy atom. The van der Waals surface area contributed by atoms with Crippen molar-refractivity contribution in [2.24, 2.45) is 0 Å². The summed E-state index contributed by atoms with van der Waals surface area (Å²) in [4.78, 5) is 13.1. The molecule has 0 saturated carbocycles. The van der Waals surface area contributed by atoms with Crippen LogP contribution >= 0.6 is 11.3 Å². The van der Waals surface area contributed by atoms with Crippen molar-refractivity contribution in [3.8, 4) is 0 Å². The summed E-state index contributed by atoms with van der Waals surface area (Å²) in [7, 11) is 0. The van der Waals surface area contributed by atoms with Gasteiger partial charge in [-0.2, -0.15) is 0 Å². The SMILES string of the molecule is Cc1ncc(Cn2c(C)c(C)c3ccnc(N4CCC(c5ccccc5)CC4)c32)s1. The third kappa shape index (κ3) is 3.41. The fourth-order valence-corrected chi connectivity index (χ4v) is 5.57. The van der Waals surface area contributed by atoms with Crippen molar-refractivity contribution in [2.75, 3.05) is 18.0 Å². The number of piperidine rings is 1. The van der Waals surface area contributed by atoms with E-state index in [1.54, 1.807) is 11.3 Å². The fourth-order valence-electron chi connectivity index (χ4n) is 4.79. The Balaban J connectivity index is 1.48. The largest absolute Gasteiger partial charge is 0.355 e. The summed E-state index contributed by atoms with van der Waals surface area (Å²) < 4.78 is 2.45. The van der Waals surface area contributed by atoms with Gasteiger partial charge in [-0.3, -0.25) is 0 Å². The van der Waals surface area contributed by atoms with E-state index in [1.165, 1.54) is 45.4 Å². The van der Waals surface area contributed by atoms with Gasteiger partial charge in [0.25, 0.3) is 0 Å². The lowest BCUT2D eigenvalue weighted by Crippen LogP contribution is -2.33. The van der Waals surface area contributed by atoms with Gasteiger partial charge >= 0.3 is 0 Å². The third-order valence-corrected chi connectivity index (χ3v) is 7.47. The molecule has 30 heavy (non-hydrogen) atoms. The molecule has 4 nitrogen and oxygen atoms in total. The standard InChI is InChI=1S/C25H28N4S/c1-17-18(2)29(16-22-15-27-19(3)30-22)24-23(17)9-12-26-25(24)28-13-10-21(11-14-28)20-7-5-4-6-8-20/h4-9,12,15,21H,10-11,13-14,16H2,1-3H3. The number of aromatic nitrogens is 3. The van der Waals surface area contributed by atoms with Crippen LogP contribution in [-0.2, 0) is 6.54 Å². The number of hydrogen-bond acceptors (Lipinski definition) is 4. The van der Waals surface area contributed by atoms with Crippen LogP contribution in [0.5, 0.6) is 0 Å². The average molecular weight is 417 g/mol. The molecule has 1 saturated heterocycles. The Morgan fingerprint density at radius 2 is 1.77 bits per heavy atom. The highest BCUT2D eigenvalue weighted by molar-refractivity contribution is 7.11. The second kappa shape index (κ2) is 7.88. The minimum Gasteiger partial charge on any atom is -0.355 e. The minimum atomic E-state index is 0.650. The van der Waals surface area contributed by atoms with E-state index in [9.17, 15) is 0 Å². The Morgan fingerprint density at radius 1 is 1.00 bits per heavy atom. The van der Waals surface area contributed by atoms with Gasteiger partial charge in [-0.15, -0.1) is 11.3 Å². The molecule has 5 heteroatoms. The predicted molar refractivity (Wildman–Crippen MR) is 126 cm³/mol. The zero-order valence-electron chi connectivity index (χ0n) is 17.9. The van der Waals surface area contributed by atoms with Gasteiger partial charge < -0.3 is 9.47 Å². The van der Waals surface area contributed by atoms with Crippen molar-refractivity contribution in [2.45, 2.75) is 46.1 Å². The van der Waals surface area contributed by atoms with E-state index in [1.807, 2.05) is 12.4 Å². The molecule has 1 aliphatic rings. The lowest BCUT2D eigenvalue weighted by atomic mass is 9.89. The zero-order chi connectivity index (χ0) is 20.7. The van der Waals surface area contributed by atoms with Gasteiger partial charge in [0.2, 0.25) is 0 Å². The molecule has 0 amide bonds. The number of pyridine rings is 1. The molecular weight excluding hydrogens is 388 g/mol. The molecule has 4 aromatic rings. The first kappa shape index (κ1) is 19.3. The highest BCUT2D eigenvalue weighted by atomic mass is 32.1. The summed E-state index contributed by atoms with van der Waals surface area (Å²) in [6.45, 7) is 9.50. The van der Waals surface area contributed by atoms with Gasteiger partial charge in [0, 0.05) is 41.4 Å². The highest BCUT2D eigenvalue weighted by Gasteiger charge is 2.25. The van der Waals surface area contributed by atoms with E-state index in [-0.39, 0.29) is 0 Å². The van der Waals surface area contributed by atoms with Crippen LogP contribution in [-0.4, -0.2) is 27.6 Å². The molecule has 0 aliphatic carbocycles. The lowest BCUT2D eigenvalue weighted by Gasteiger charge is -2.33. The van der Waals surface area contributed by atoms with E-state index >= 15 is 0 Å². The van der Waals surface area contributed by atoms with Crippen LogP contribution in [0.2, 0.25) is 0 Å². The van der Waals surface area contributed by atoms with Crippen LogP contribution in [0.3, 0.4) is 0 Å². The molecule has 5 rings (SSSR count). The van der Waals surface area contributed by atoms with Gasteiger partial charge in [0.1, 0.15) is 0 Å². The van der Waals surface area contributed by atoms with Crippen molar-refractivity contribution in [3.63, 3.8) is 0 Å². The second-order valence-corrected chi connectivity index (χ2v) is 9.66. The molecule has 0 spiro atoms. The second-order valence-electron chi connectivity index (χ2n) is 8.34. The van der Waals surface area contributed by atoms with E-state index in [0.717, 1.165) is 30.5 Å². The average Bonchev–Trinajstić information content (AvgIpc) is 3.31. The zero-order valence-corrected chi connectivity index (χ0v) is 18.7. The molecule has 1 aliphatic heterocycles. The number of rotatable bonds is 4. The summed E-state index contributed by atoms with van der Waals surface area (Å²) in [6.07, 6.45) is 6.35. The van der Waals surface area contributed by atoms with Gasteiger partial charge in [-0.1, -0.05) is 30.3 Å². The number of anilines is 1. The van der Waals surface area contributed by atoms with E-state index in [0.29, 0.717) is 5.92 Å². The molecular formula is C25H28N4S. The molecule has 1 aromatic carbocycles. The number of fused-ring (bicyclic) bond motifs is 1. The quantitative estimate of drug-likeness (QED) is 0.418. The minimum absolute atomic E-state index is 0.650. The molecule has 0 atom stereocenters. The number of thiazole rings is 1. The van der Waals surface area contributed by atoms with Gasteiger partial charge in [-0.05, 0) is 56.7 Å². The summed E-state index contributed by atoms with van der Waals surface area (Å²) in [5.74, 6) is 1.79. The van der Waals surface area contributed by atoms with Crippen LogP contribution in [0.15, 0.2) is 48.8 Å². The maximum Gasteiger partial charge on any atom is 0.153 e. The van der Waals surface area contributed by atoms with Gasteiger partial charge in [0.05, 0.1) is 17.1 Å². The number of aryl methyl sites for hydroxylation is 2. The fraction of sp³-hybridized carbons (Fsp3) is 0.360. The van der Waals surface area contributed by atoms with Crippen LogP contribution < -0.4 is 4.90 Å². The van der Waals surface area contributed by atoms with Gasteiger partial charge in [0.15, 0.2) is 5.82 Å². The molecule has 0 radical (unpaired) electrons. The van der Waals surface area contributed by atoms with Crippen molar-refractivity contribution < 1.29 is 0 Å². The smallest absolute Gasteiger partial charge is 0.153 e. The number of benzene rings is 1. The first-order chi connectivity index (χ1) is 14.6. The van der Waals surface area contributed by atoms with Crippen molar-refractivity contribution in [1.82, 2.24) is 14.5 Å². The summed E-state index contributed by atoms with van der Waals surface area (Å²) in [5.41, 5.74) is 5.43. The summed E-state index contributed by atoms with van der Waals surface area (Å²) in [5, 5.41) is 2.45. The first-order valence-electron chi connectivity index (χ1n) is 10.8. The van der Waals surface area contributed by atoms with E-state index < -0.39 is 0 Å². The molecule has 154 valence electrons. The lowest BCUT2D eigenvalue weighted by molar-refractivity contribution is 0.503. The van der Waals surface area contributed by atoms with Crippen LogP contribution in [0, 0.1) is 20.8 Å². The predicted octanol–water partition coefficient (Wildman–Crippen LogP) is 5.85. The summed E-state index contributed by atoms with van der Waals surface area (Å²) >= 11 is 1.78. The molecule has 3 aromatic heterocycles. The summed E-state index contributed by atoms with van der Waals surface area (Å²) in [6, 6.07) is 13.1. The Hall–Kier alpha value is -2.66. The Bertz CT molecular complexity index is 1170. The van der Waals surface area contributed by atoms with E-state index in [2.05, 4.69) is 71.6 Å². The number of hydrogen-bond donors (Lipinski definition) is 0. The van der Waals surface area contributed by atoms with E-state index in [4.69, 9.17) is 4.98 Å². The topological polar surface area (TPSA) is 34.0 Å². The molecule has 1 fully saturated rings. The maximum atomic E-state index is 4.88. The van der Waals surface area contributed by atoms with Crippen LogP contribution in [0.25, 0.3) is 10.9 Å². The maximum absolute atomic E-state index is 4.88. The van der Waals surface area contributed by atoms with Crippen LogP contribution in [0.1, 0.15) is 45.5 Å². The normalized spacial score (nSPS) is 15.2. The van der Waals surface area contributed by atoms with Crippen molar-refractivity contribution in [3.05, 3.63) is 75.5 Å². The Kier molecular flexibility index (Phi) is 5.07. The number of nitrogens with zero attached hydrogens (tertiary/aromatic N) is 4. The van der Waals surface area contributed by atoms with Crippen LogP contribution in [0.4, 0.5) is 5.82 Å². The third-order valence-electron chi connectivity index (χ3n) is 6.58. The molecule has 4 heterocycles. The Labute approximate surface area is 182 Å². The first-order valence-corrected chi connectivity index (χ1v) is 11.6. The van der Waals surface area contributed by atoms with Crippen molar-refractivity contribution in [1.29, 1.82) is 0 Å². The van der Waals surface area contributed by atoms with Crippen molar-refractivity contribution >= 4 is 28.1 Å². The molecule has 0 bridgehead atoms. The highest BCUT2D eigenvalue weighted by Crippen LogP contribution is 2.36. The monoisotopic (exact) mass is 416 g/mol. The molecule has 0 unspecified atom stereocenters.